The Morgan fingerprint density at radius 1 is 1.36 bits per heavy atom. The summed E-state index contributed by atoms with van der Waals surface area (Å²) in [5.41, 5.74) is 3.91. The molecule has 2 fully saturated rings. The summed E-state index contributed by atoms with van der Waals surface area (Å²) in [6.45, 7) is 4.30. The molecule has 2 saturated heterocycles. The molecule has 4 heterocycles. The van der Waals surface area contributed by atoms with E-state index in [2.05, 4.69) is 20.4 Å². The van der Waals surface area contributed by atoms with Crippen LogP contribution in [0.1, 0.15) is 46.6 Å². The van der Waals surface area contributed by atoms with Gasteiger partial charge < -0.3 is 19.7 Å². The normalized spacial score (nSPS) is 27.1. The van der Waals surface area contributed by atoms with Crippen molar-refractivity contribution in [2.24, 2.45) is 0 Å². The van der Waals surface area contributed by atoms with Gasteiger partial charge in [0.15, 0.2) is 0 Å². The number of aliphatic hydroxyl groups excluding tert-OH is 1. The van der Waals surface area contributed by atoms with E-state index in [0.29, 0.717) is 36.0 Å². The highest BCUT2D eigenvalue weighted by Crippen LogP contribution is 2.32. The van der Waals surface area contributed by atoms with Gasteiger partial charge in [0.05, 0.1) is 29.4 Å². The minimum Gasteiger partial charge on any atom is -0.396 e. The summed E-state index contributed by atoms with van der Waals surface area (Å²) >= 11 is 0. The Hall–Kier alpha value is -2.03. The fourth-order valence-electron chi connectivity index (χ4n) is 4.99. The average molecular weight is 386 g/mol. The van der Waals surface area contributed by atoms with E-state index in [0.717, 1.165) is 55.4 Å². The second-order valence-electron chi connectivity index (χ2n) is 8.20. The number of aryl methyl sites for hydroxylation is 2. The fourth-order valence-corrected chi connectivity index (χ4v) is 4.99. The molecule has 3 atom stereocenters. The van der Waals surface area contributed by atoms with Gasteiger partial charge in [-0.1, -0.05) is 5.16 Å². The first-order valence-corrected chi connectivity index (χ1v) is 10.2. The Labute approximate surface area is 163 Å². The van der Waals surface area contributed by atoms with Crippen LogP contribution in [0.2, 0.25) is 0 Å². The molecule has 0 aromatic carbocycles. The molecule has 2 aliphatic heterocycles. The molecule has 1 amide bonds. The number of morpholine rings is 1. The summed E-state index contributed by atoms with van der Waals surface area (Å²) in [6.07, 6.45) is 4.41. The maximum Gasteiger partial charge on any atom is 0.259 e. The van der Waals surface area contributed by atoms with Crippen LogP contribution in [0.5, 0.6) is 0 Å². The number of hydrogen-bond donors (Lipinski definition) is 2. The summed E-state index contributed by atoms with van der Waals surface area (Å²) in [4.78, 5) is 20.3. The molecular formula is C20H26N4O4. The Morgan fingerprint density at radius 3 is 3.11 bits per heavy atom. The van der Waals surface area contributed by atoms with Gasteiger partial charge in [0, 0.05) is 37.5 Å². The van der Waals surface area contributed by atoms with Crippen molar-refractivity contribution in [1.82, 2.24) is 20.4 Å². The van der Waals surface area contributed by atoms with Crippen LogP contribution in [0, 0.1) is 6.92 Å². The van der Waals surface area contributed by atoms with Crippen LogP contribution >= 0.6 is 0 Å². The maximum absolute atomic E-state index is 13.3. The van der Waals surface area contributed by atoms with Gasteiger partial charge >= 0.3 is 0 Å². The zero-order valence-corrected chi connectivity index (χ0v) is 16.1. The van der Waals surface area contributed by atoms with Gasteiger partial charge in [-0.3, -0.25) is 9.69 Å². The number of carbonyl (C=O) groups excluding carboxylic acids is 1. The third-order valence-electron chi connectivity index (χ3n) is 6.33. The Balaban J connectivity index is 1.37. The van der Waals surface area contributed by atoms with Gasteiger partial charge in [0.25, 0.3) is 11.6 Å². The summed E-state index contributed by atoms with van der Waals surface area (Å²) < 4.78 is 11.2. The number of pyridine rings is 1. The summed E-state index contributed by atoms with van der Waals surface area (Å²) in [5, 5.41) is 17.2. The predicted molar refractivity (Wildman–Crippen MR) is 101 cm³/mol. The molecule has 0 unspecified atom stereocenters. The summed E-state index contributed by atoms with van der Waals surface area (Å²) in [5.74, 6) is -0.0467. The molecule has 0 bridgehead atoms. The molecule has 28 heavy (non-hydrogen) atoms. The van der Waals surface area contributed by atoms with E-state index in [4.69, 9.17) is 14.4 Å². The molecule has 2 N–H and O–H groups in total. The summed E-state index contributed by atoms with van der Waals surface area (Å²) in [6, 6.07) is 0.426. The lowest BCUT2D eigenvalue weighted by Gasteiger charge is -2.34. The highest BCUT2D eigenvalue weighted by Gasteiger charge is 2.38. The van der Waals surface area contributed by atoms with Crippen molar-refractivity contribution < 1.29 is 19.2 Å². The van der Waals surface area contributed by atoms with Crippen molar-refractivity contribution in [3.63, 3.8) is 0 Å². The number of amides is 1. The first-order valence-electron chi connectivity index (χ1n) is 10.2. The number of ether oxygens (including phenoxy) is 1. The molecule has 8 nitrogen and oxygen atoms in total. The van der Waals surface area contributed by atoms with Crippen molar-refractivity contribution in [3.8, 4) is 0 Å². The van der Waals surface area contributed by atoms with Gasteiger partial charge in [0.1, 0.15) is 0 Å². The number of aliphatic hydroxyl groups is 1. The van der Waals surface area contributed by atoms with Crippen molar-refractivity contribution >= 4 is 17.0 Å². The maximum atomic E-state index is 13.3. The molecule has 8 heteroatoms. The Morgan fingerprint density at radius 2 is 2.25 bits per heavy atom. The van der Waals surface area contributed by atoms with E-state index in [-0.39, 0.29) is 24.7 Å². The predicted octanol–water partition coefficient (Wildman–Crippen LogP) is 0.974. The van der Waals surface area contributed by atoms with Crippen LogP contribution in [0.3, 0.4) is 0 Å². The number of nitrogens with one attached hydrogen (secondary N) is 1. The van der Waals surface area contributed by atoms with Crippen molar-refractivity contribution in [2.75, 3.05) is 26.3 Å². The van der Waals surface area contributed by atoms with E-state index in [9.17, 15) is 4.79 Å². The SMILES string of the molecule is Cc1noc2nc3c(c(C(=O)N[C@@H]4C[C@H]5CO[C@@H](CCO)CN5C4)c12)CCC3. The van der Waals surface area contributed by atoms with E-state index in [1.807, 2.05) is 6.92 Å². The largest absolute Gasteiger partial charge is 0.396 e. The van der Waals surface area contributed by atoms with Crippen molar-refractivity contribution in [1.29, 1.82) is 0 Å². The van der Waals surface area contributed by atoms with Crippen LogP contribution in [-0.2, 0) is 17.6 Å². The number of rotatable bonds is 4. The number of carbonyl (C=O) groups is 1. The molecule has 2 aromatic rings. The zero-order valence-electron chi connectivity index (χ0n) is 16.1. The van der Waals surface area contributed by atoms with Crippen LogP contribution in [-0.4, -0.2) is 70.5 Å². The smallest absolute Gasteiger partial charge is 0.259 e. The number of nitrogens with zero attached hydrogens (tertiary/aromatic N) is 3. The molecule has 0 spiro atoms. The topological polar surface area (TPSA) is 101 Å². The third kappa shape index (κ3) is 3.00. The number of fused-ring (bicyclic) bond motifs is 3. The molecule has 0 saturated carbocycles. The molecular weight excluding hydrogens is 360 g/mol. The second-order valence-corrected chi connectivity index (χ2v) is 8.20. The number of hydrogen-bond acceptors (Lipinski definition) is 7. The lowest BCUT2D eigenvalue weighted by molar-refractivity contribution is -0.0566. The van der Waals surface area contributed by atoms with E-state index in [1.165, 1.54) is 0 Å². The minimum absolute atomic E-state index is 0.0467. The highest BCUT2D eigenvalue weighted by atomic mass is 16.5. The minimum atomic E-state index is -0.0467. The van der Waals surface area contributed by atoms with Gasteiger partial charge in [-0.15, -0.1) is 0 Å². The van der Waals surface area contributed by atoms with Crippen LogP contribution in [0.15, 0.2) is 4.52 Å². The number of aromatic nitrogens is 2. The van der Waals surface area contributed by atoms with E-state index < -0.39 is 0 Å². The van der Waals surface area contributed by atoms with Crippen LogP contribution in [0.4, 0.5) is 0 Å². The molecule has 5 rings (SSSR count). The highest BCUT2D eigenvalue weighted by molar-refractivity contribution is 6.07. The van der Waals surface area contributed by atoms with Crippen molar-refractivity contribution in [3.05, 3.63) is 22.5 Å². The van der Waals surface area contributed by atoms with Gasteiger partial charge in [0.2, 0.25) is 0 Å². The van der Waals surface area contributed by atoms with Gasteiger partial charge in [-0.05, 0) is 44.6 Å². The molecule has 2 aromatic heterocycles. The fraction of sp³-hybridized carbons (Fsp3) is 0.650. The van der Waals surface area contributed by atoms with Gasteiger partial charge in [-0.25, -0.2) is 4.98 Å². The molecule has 1 aliphatic carbocycles. The van der Waals surface area contributed by atoms with E-state index in [1.54, 1.807) is 0 Å². The van der Waals surface area contributed by atoms with E-state index >= 15 is 0 Å². The van der Waals surface area contributed by atoms with Gasteiger partial charge in [-0.2, -0.15) is 0 Å². The first-order chi connectivity index (χ1) is 13.6. The first kappa shape index (κ1) is 18.0. The monoisotopic (exact) mass is 386 g/mol. The standard InChI is InChI=1S/C20H26N4O4/c1-11-17-18(15-3-2-4-16(15)22-20(17)28-23-11)19(26)21-12-7-13-10-27-14(5-6-25)9-24(13)8-12/h12-14,25H,2-10H2,1H3,(H,21,26)/t12-,13+,14+/m1/s1. The summed E-state index contributed by atoms with van der Waals surface area (Å²) in [7, 11) is 0. The molecule has 150 valence electrons. The second kappa shape index (κ2) is 7.09. The van der Waals surface area contributed by atoms with Crippen LogP contribution < -0.4 is 5.32 Å². The third-order valence-corrected chi connectivity index (χ3v) is 6.33. The lowest BCUT2D eigenvalue weighted by Crippen LogP contribution is -2.46. The molecule has 0 radical (unpaired) electrons. The Bertz CT molecular complexity index is 911. The lowest BCUT2D eigenvalue weighted by atomic mass is 10.0. The zero-order chi connectivity index (χ0) is 19.3. The van der Waals surface area contributed by atoms with Crippen LogP contribution in [0.25, 0.3) is 11.1 Å². The van der Waals surface area contributed by atoms with Crippen molar-refractivity contribution in [2.45, 2.75) is 57.2 Å². The Kier molecular flexibility index (Phi) is 4.57. The molecule has 3 aliphatic rings. The average Bonchev–Trinajstić information content (AvgIpc) is 3.38. The quantitative estimate of drug-likeness (QED) is 0.808.